The van der Waals surface area contributed by atoms with E-state index in [0.29, 0.717) is 43.1 Å². The topological polar surface area (TPSA) is 99.8 Å². The number of carbonyl (C=O) groups is 3. The van der Waals surface area contributed by atoms with Crippen LogP contribution in [-0.4, -0.2) is 42.9 Å². The van der Waals surface area contributed by atoms with Crippen molar-refractivity contribution in [1.29, 1.82) is 0 Å². The summed E-state index contributed by atoms with van der Waals surface area (Å²) in [5, 5.41) is 8.36. The fourth-order valence-corrected chi connectivity index (χ4v) is 4.33. The van der Waals surface area contributed by atoms with Gasteiger partial charge in [0, 0.05) is 36.4 Å². The van der Waals surface area contributed by atoms with Gasteiger partial charge in [-0.2, -0.15) is 0 Å². The maximum Gasteiger partial charge on any atom is 0.319 e. The average Bonchev–Trinajstić information content (AvgIpc) is 2.87. The quantitative estimate of drug-likeness (QED) is 0.430. The van der Waals surface area contributed by atoms with Crippen LogP contribution in [0.3, 0.4) is 0 Å². The first-order chi connectivity index (χ1) is 17.0. The molecule has 2 unspecified atom stereocenters. The van der Waals surface area contributed by atoms with Gasteiger partial charge < -0.3 is 25.6 Å². The van der Waals surface area contributed by atoms with Crippen LogP contribution < -0.4 is 20.7 Å². The smallest absolute Gasteiger partial charge is 0.319 e. The number of rotatable bonds is 10. The zero-order valence-corrected chi connectivity index (χ0v) is 20.4. The first-order valence-electron chi connectivity index (χ1n) is 12.0. The molecule has 1 aliphatic rings. The van der Waals surface area contributed by atoms with E-state index >= 15 is 0 Å². The minimum absolute atomic E-state index is 0.0589. The lowest BCUT2D eigenvalue weighted by Gasteiger charge is -2.41. The number of likely N-dealkylation sites (tertiary alicyclic amines) is 1. The summed E-state index contributed by atoms with van der Waals surface area (Å²) in [6, 6.07) is 13.7. The van der Waals surface area contributed by atoms with Crippen molar-refractivity contribution < 1.29 is 19.1 Å². The summed E-state index contributed by atoms with van der Waals surface area (Å²) < 4.78 is 5.59. The number of urea groups is 1. The molecule has 0 saturated carbocycles. The number of benzene rings is 2. The number of para-hydroxylation sites is 1. The molecule has 3 N–H and O–H groups in total. The highest BCUT2D eigenvalue weighted by atomic mass is 16.5. The van der Waals surface area contributed by atoms with Crippen LogP contribution in [0.4, 0.5) is 16.2 Å². The number of nitrogens with one attached hydrogen (secondary N) is 3. The Labute approximate surface area is 206 Å². The molecule has 0 bridgehead atoms. The summed E-state index contributed by atoms with van der Waals surface area (Å²) in [4.78, 5) is 40.0. The Kier molecular flexibility index (Phi) is 9.29. The van der Waals surface area contributed by atoms with Crippen molar-refractivity contribution in [3.8, 4) is 5.75 Å². The lowest BCUT2D eigenvalue weighted by Crippen LogP contribution is -2.47. The number of ether oxygens (including phenoxy) is 1. The van der Waals surface area contributed by atoms with E-state index in [2.05, 4.69) is 29.5 Å². The number of piperidine rings is 1. The molecule has 2 atom stereocenters. The van der Waals surface area contributed by atoms with Gasteiger partial charge in [0.25, 0.3) is 0 Å². The van der Waals surface area contributed by atoms with Crippen LogP contribution in [0.15, 0.2) is 61.2 Å². The SMILES string of the molecule is C=CCNC(=O)Nc1ccc(NC(=O)C2CCC(=O)N(CCCC)C2c2ccccc2OC)cc1. The van der Waals surface area contributed by atoms with Gasteiger partial charge in [-0.05, 0) is 43.2 Å². The molecule has 186 valence electrons. The van der Waals surface area contributed by atoms with E-state index in [9.17, 15) is 14.4 Å². The number of carbonyl (C=O) groups excluding carboxylic acids is 3. The molecule has 0 radical (unpaired) electrons. The van der Waals surface area contributed by atoms with Crippen molar-refractivity contribution in [2.45, 2.75) is 38.6 Å². The molecule has 2 aromatic carbocycles. The fourth-order valence-electron chi connectivity index (χ4n) is 4.33. The van der Waals surface area contributed by atoms with Crippen LogP contribution in [0.2, 0.25) is 0 Å². The van der Waals surface area contributed by atoms with Gasteiger partial charge in [-0.25, -0.2) is 4.79 Å². The largest absolute Gasteiger partial charge is 0.496 e. The standard InChI is InChI=1S/C27H34N4O4/c1-4-6-18-31-24(32)16-15-22(25(31)21-9-7-8-10-23(21)35-3)26(33)29-19-11-13-20(14-12-19)30-27(34)28-17-5-2/h5,7-14,22,25H,2,4,6,15-18H2,1,3H3,(H,29,33)(H2,28,30,34). The van der Waals surface area contributed by atoms with E-state index in [1.807, 2.05) is 29.2 Å². The number of hydrogen-bond donors (Lipinski definition) is 3. The second-order valence-electron chi connectivity index (χ2n) is 8.46. The maximum absolute atomic E-state index is 13.5. The summed E-state index contributed by atoms with van der Waals surface area (Å²) in [6.45, 7) is 6.61. The van der Waals surface area contributed by atoms with Crippen molar-refractivity contribution in [3.05, 3.63) is 66.7 Å². The van der Waals surface area contributed by atoms with Crippen molar-refractivity contribution in [2.24, 2.45) is 5.92 Å². The van der Waals surface area contributed by atoms with E-state index in [-0.39, 0.29) is 17.8 Å². The summed E-state index contributed by atoms with van der Waals surface area (Å²) >= 11 is 0. The van der Waals surface area contributed by atoms with Gasteiger partial charge in [0.05, 0.1) is 19.1 Å². The molecular weight excluding hydrogens is 444 g/mol. The zero-order valence-electron chi connectivity index (χ0n) is 20.4. The van der Waals surface area contributed by atoms with Crippen molar-refractivity contribution in [3.63, 3.8) is 0 Å². The third-order valence-corrected chi connectivity index (χ3v) is 6.07. The number of anilines is 2. The molecule has 0 aromatic heterocycles. The highest BCUT2D eigenvalue weighted by Crippen LogP contribution is 2.41. The second-order valence-corrected chi connectivity index (χ2v) is 8.46. The average molecular weight is 479 g/mol. The molecular formula is C27H34N4O4. The van der Waals surface area contributed by atoms with Gasteiger partial charge in [-0.15, -0.1) is 6.58 Å². The van der Waals surface area contributed by atoms with Gasteiger partial charge in [0.1, 0.15) is 5.75 Å². The highest BCUT2D eigenvalue weighted by molar-refractivity contribution is 5.95. The summed E-state index contributed by atoms with van der Waals surface area (Å²) in [7, 11) is 1.60. The van der Waals surface area contributed by atoms with Crippen LogP contribution in [0.5, 0.6) is 5.75 Å². The van der Waals surface area contributed by atoms with E-state index in [1.54, 1.807) is 37.5 Å². The molecule has 35 heavy (non-hydrogen) atoms. The Morgan fingerprint density at radius 2 is 1.80 bits per heavy atom. The maximum atomic E-state index is 13.5. The molecule has 1 fully saturated rings. The van der Waals surface area contributed by atoms with Gasteiger partial charge in [-0.1, -0.05) is 37.6 Å². The molecule has 3 rings (SSSR count). The predicted octanol–water partition coefficient (Wildman–Crippen LogP) is 4.72. The third kappa shape index (κ3) is 6.62. The third-order valence-electron chi connectivity index (χ3n) is 6.07. The molecule has 1 aliphatic heterocycles. The summed E-state index contributed by atoms with van der Waals surface area (Å²) in [5.41, 5.74) is 2.05. The van der Waals surface area contributed by atoms with Gasteiger partial charge in [-0.3, -0.25) is 9.59 Å². The number of amides is 4. The van der Waals surface area contributed by atoms with Crippen LogP contribution in [0, 0.1) is 5.92 Å². The van der Waals surface area contributed by atoms with Gasteiger partial charge >= 0.3 is 6.03 Å². The van der Waals surface area contributed by atoms with Crippen LogP contribution in [0.1, 0.15) is 44.2 Å². The van der Waals surface area contributed by atoms with Gasteiger partial charge in [0.2, 0.25) is 11.8 Å². The summed E-state index contributed by atoms with van der Waals surface area (Å²) in [6.07, 6.45) is 4.19. The molecule has 8 nitrogen and oxygen atoms in total. The van der Waals surface area contributed by atoms with E-state index in [0.717, 1.165) is 18.4 Å². The number of nitrogens with zero attached hydrogens (tertiary/aromatic N) is 1. The minimum Gasteiger partial charge on any atom is -0.496 e. The lowest BCUT2D eigenvalue weighted by atomic mass is 9.83. The molecule has 8 heteroatoms. The Morgan fingerprint density at radius 1 is 1.11 bits per heavy atom. The van der Waals surface area contributed by atoms with Crippen LogP contribution in [0.25, 0.3) is 0 Å². The number of hydrogen-bond acceptors (Lipinski definition) is 4. The molecule has 0 aliphatic carbocycles. The summed E-state index contributed by atoms with van der Waals surface area (Å²) in [5.74, 6) is 0.142. The van der Waals surface area contributed by atoms with E-state index < -0.39 is 12.0 Å². The lowest BCUT2D eigenvalue weighted by molar-refractivity contribution is -0.142. The number of unbranched alkanes of at least 4 members (excludes halogenated alkanes) is 1. The number of methoxy groups -OCH3 is 1. The van der Waals surface area contributed by atoms with Crippen LogP contribution >= 0.6 is 0 Å². The predicted molar refractivity (Wildman–Crippen MR) is 137 cm³/mol. The Bertz CT molecular complexity index is 1040. The first kappa shape index (κ1) is 25.8. The molecule has 0 spiro atoms. The van der Waals surface area contributed by atoms with Crippen molar-refractivity contribution in [2.75, 3.05) is 30.8 Å². The van der Waals surface area contributed by atoms with E-state index in [1.165, 1.54) is 0 Å². The zero-order chi connectivity index (χ0) is 25.2. The van der Waals surface area contributed by atoms with Crippen molar-refractivity contribution in [1.82, 2.24) is 10.2 Å². The molecule has 2 aromatic rings. The first-order valence-corrected chi connectivity index (χ1v) is 12.0. The normalized spacial score (nSPS) is 17.4. The minimum atomic E-state index is -0.427. The molecule has 4 amide bonds. The fraction of sp³-hybridized carbons (Fsp3) is 0.370. The monoisotopic (exact) mass is 478 g/mol. The molecule has 1 saturated heterocycles. The second kappa shape index (κ2) is 12.6. The highest BCUT2D eigenvalue weighted by Gasteiger charge is 2.41. The Balaban J connectivity index is 1.80. The van der Waals surface area contributed by atoms with E-state index in [4.69, 9.17) is 4.74 Å². The van der Waals surface area contributed by atoms with Gasteiger partial charge in [0.15, 0.2) is 0 Å². The van der Waals surface area contributed by atoms with Crippen molar-refractivity contribution >= 4 is 29.2 Å². The molecule has 1 heterocycles. The van der Waals surface area contributed by atoms with Crippen LogP contribution in [-0.2, 0) is 9.59 Å². The Morgan fingerprint density at radius 3 is 2.46 bits per heavy atom. The Hall–Kier alpha value is -3.81.